The van der Waals surface area contributed by atoms with Gasteiger partial charge in [-0.25, -0.2) is 4.98 Å². The van der Waals surface area contributed by atoms with E-state index in [0.29, 0.717) is 36.4 Å². The number of nitrogens with zero attached hydrogens (tertiary/aromatic N) is 2. The molecular formula is C13H18N4O2. The second-order valence-corrected chi connectivity index (χ2v) is 4.13. The van der Waals surface area contributed by atoms with Gasteiger partial charge in [0.15, 0.2) is 0 Å². The van der Waals surface area contributed by atoms with Gasteiger partial charge in [-0.05, 0) is 32.9 Å². The van der Waals surface area contributed by atoms with Crippen LogP contribution in [0.1, 0.15) is 24.3 Å². The molecular weight excluding hydrogens is 244 g/mol. The van der Waals surface area contributed by atoms with Crippen molar-refractivity contribution in [1.29, 1.82) is 0 Å². The van der Waals surface area contributed by atoms with Crippen LogP contribution in [0.5, 0.6) is 5.88 Å². The summed E-state index contributed by atoms with van der Waals surface area (Å²) in [5, 5.41) is 3.12. The Hall–Kier alpha value is -2.24. The number of nitrogen functional groups attached to an aromatic ring is 1. The molecule has 2 rings (SSSR count). The lowest BCUT2D eigenvalue weighted by molar-refractivity contribution is 0.329. The number of hydrogen-bond donors (Lipinski definition) is 2. The number of pyridine rings is 1. The van der Waals surface area contributed by atoms with Crippen molar-refractivity contribution in [2.45, 2.75) is 27.3 Å². The largest absolute Gasteiger partial charge is 0.476 e. The van der Waals surface area contributed by atoms with Crippen molar-refractivity contribution in [3.05, 3.63) is 29.5 Å². The van der Waals surface area contributed by atoms with Gasteiger partial charge in [0.25, 0.3) is 0 Å². The van der Waals surface area contributed by atoms with Crippen LogP contribution in [-0.2, 0) is 6.54 Å². The van der Waals surface area contributed by atoms with Crippen LogP contribution < -0.4 is 15.8 Å². The van der Waals surface area contributed by atoms with Crippen molar-refractivity contribution in [2.24, 2.45) is 0 Å². The fourth-order valence-electron chi connectivity index (χ4n) is 1.58. The highest BCUT2D eigenvalue weighted by atomic mass is 16.5. The monoisotopic (exact) mass is 262 g/mol. The fourth-order valence-corrected chi connectivity index (χ4v) is 1.58. The van der Waals surface area contributed by atoms with Crippen molar-refractivity contribution < 1.29 is 9.15 Å². The average molecular weight is 262 g/mol. The van der Waals surface area contributed by atoms with E-state index < -0.39 is 0 Å². The summed E-state index contributed by atoms with van der Waals surface area (Å²) in [5.41, 5.74) is 7.18. The van der Waals surface area contributed by atoms with Gasteiger partial charge in [0.2, 0.25) is 11.8 Å². The first kappa shape index (κ1) is 13.2. The van der Waals surface area contributed by atoms with Crippen LogP contribution in [0.3, 0.4) is 0 Å². The Morgan fingerprint density at radius 3 is 2.74 bits per heavy atom. The maximum absolute atomic E-state index is 5.76. The van der Waals surface area contributed by atoms with E-state index in [-0.39, 0.29) is 0 Å². The topological polar surface area (TPSA) is 86.2 Å². The summed E-state index contributed by atoms with van der Waals surface area (Å²) in [6, 6.07) is 3.55. The quantitative estimate of drug-likeness (QED) is 0.859. The summed E-state index contributed by atoms with van der Waals surface area (Å²) in [6.07, 6.45) is 0. The zero-order valence-electron chi connectivity index (χ0n) is 11.4. The van der Waals surface area contributed by atoms with E-state index in [0.717, 1.165) is 11.5 Å². The van der Waals surface area contributed by atoms with Crippen LogP contribution in [0.25, 0.3) is 0 Å². The van der Waals surface area contributed by atoms with E-state index in [1.165, 1.54) is 0 Å². The second kappa shape index (κ2) is 5.60. The molecule has 0 aromatic carbocycles. The highest BCUT2D eigenvalue weighted by Crippen LogP contribution is 2.21. The van der Waals surface area contributed by atoms with Crippen molar-refractivity contribution in [1.82, 2.24) is 9.97 Å². The number of nitrogens with two attached hydrogens (primary N) is 1. The number of hydrogen-bond acceptors (Lipinski definition) is 6. The van der Waals surface area contributed by atoms with Crippen LogP contribution in [0.15, 0.2) is 16.5 Å². The predicted octanol–water partition coefficient (Wildman–Crippen LogP) is 2.28. The van der Waals surface area contributed by atoms with Crippen LogP contribution in [0.2, 0.25) is 0 Å². The smallest absolute Gasteiger partial charge is 0.239 e. The van der Waals surface area contributed by atoms with E-state index in [9.17, 15) is 0 Å². The Labute approximate surface area is 112 Å². The van der Waals surface area contributed by atoms with Crippen LogP contribution in [0, 0.1) is 13.8 Å². The predicted molar refractivity (Wildman–Crippen MR) is 73.1 cm³/mol. The van der Waals surface area contributed by atoms with Gasteiger partial charge in [0, 0.05) is 0 Å². The van der Waals surface area contributed by atoms with E-state index in [1.807, 2.05) is 20.8 Å². The van der Waals surface area contributed by atoms with Crippen molar-refractivity contribution in [3.63, 3.8) is 0 Å². The molecule has 2 heterocycles. The number of oxazole rings is 1. The number of anilines is 2. The Morgan fingerprint density at radius 1 is 1.32 bits per heavy atom. The molecule has 0 unspecified atom stereocenters. The molecule has 2 aromatic heterocycles. The zero-order chi connectivity index (χ0) is 13.8. The van der Waals surface area contributed by atoms with Crippen molar-refractivity contribution in [3.8, 4) is 5.88 Å². The molecule has 0 fully saturated rings. The molecule has 6 nitrogen and oxygen atoms in total. The molecule has 0 spiro atoms. The molecule has 0 saturated carbocycles. The summed E-state index contributed by atoms with van der Waals surface area (Å²) in [4.78, 5) is 8.57. The van der Waals surface area contributed by atoms with Gasteiger partial charge in [-0.3, -0.25) is 0 Å². The molecule has 0 aliphatic heterocycles. The van der Waals surface area contributed by atoms with Gasteiger partial charge in [0.05, 0.1) is 24.5 Å². The lowest BCUT2D eigenvalue weighted by Crippen LogP contribution is -2.05. The van der Waals surface area contributed by atoms with Crippen molar-refractivity contribution in [2.75, 3.05) is 17.7 Å². The first-order valence-corrected chi connectivity index (χ1v) is 6.16. The minimum Gasteiger partial charge on any atom is -0.476 e. The molecule has 0 aliphatic carbocycles. The Balaban J connectivity index is 2.05. The van der Waals surface area contributed by atoms with E-state index >= 15 is 0 Å². The van der Waals surface area contributed by atoms with Gasteiger partial charge < -0.3 is 20.2 Å². The fraction of sp³-hybridized carbons (Fsp3) is 0.385. The molecule has 0 amide bonds. The molecule has 6 heteroatoms. The second-order valence-electron chi connectivity index (χ2n) is 4.13. The minimum atomic E-state index is 0.437. The van der Waals surface area contributed by atoms with E-state index in [2.05, 4.69) is 15.3 Å². The van der Waals surface area contributed by atoms with Gasteiger partial charge >= 0.3 is 0 Å². The molecule has 0 bridgehead atoms. The van der Waals surface area contributed by atoms with Crippen LogP contribution in [-0.4, -0.2) is 16.6 Å². The number of aryl methyl sites for hydroxylation is 2. The number of ether oxygens (including phenoxy) is 1. The number of nitrogens with one attached hydrogen (secondary N) is 1. The summed E-state index contributed by atoms with van der Waals surface area (Å²) in [6.45, 7) is 6.69. The first-order chi connectivity index (χ1) is 9.10. The summed E-state index contributed by atoms with van der Waals surface area (Å²) in [7, 11) is 0. The first-order valence-electron chi connectivity index (χ1n) is 6.16. The van der Waals surface area contributed by atoms with Crippen molar-refractivity contribution >= 4 is 11.5 Å². The van der Waals surface area contributed by atoms with Gasteiger partial charge in [-0.15, -0.1) is 0 Å². The molecule has 0 saturated heterocycles. The lowest BCUT2D eigenvalue weighted by atomic mass is 10.4. The van der Waals surface area contributed by atoms with E-state index in [4.69, 9.17) is 14.9 Å². The molecule has 0 atom stereocenters. The van der Waals surface area contributed by atoms with E-state index in [1.54, 1.807) is 12.1 Å². The van der Waals surface area contributed by atoms with Gasteiger partial charge in [-0.1, -0.05) is 0 Å². The summed E-state index contributed by atoms with van der Waals surface area (Å²) in [5.74, 6) is 2.57. The Morgan fingerprint density at radius 2 is 2.11 bits per heavy atom. The third-order valence-corrected chi connectivity index (χ3v) is 2.66. The molecule has 19 heavy (non-hydrogen) atoms. The third-order valence-electron chi connectivity index (χ3n) is 2.66. The molecule has 102 valence electrons. The van der Waals surface area contributed by atoms with Gasteiger partial charge in [0.1, 0.15) is 11.6 Å². The molecule has 2 aromatic rings. The highest BCUT2D eigenvalue weighted by molar-refractivity contribution is 5.53. The molecule has 3 N–H and O–H groups in total. The maximum atomic E-state index is 5.76. The highest BCUT2D eigenvalue weighted by Gasteiger charge is 2.07. The standard InChI is InChI=1S/C13H18N4O2/c1-4-18-13-10(14)5-6-11(17-13)15-7-12-16-8(2)9(3)19-12/h5-6H,4,7,14H2,1-3H3,(H,15,17). The molecule has 0 aliphatic rings. The molecule has 0 radical (unpaired) electrons. The normalized spacial score (nSPS) is 10.5. The average Bonchev–Trinajstić information content (AvgIpc) is 2.70. The van der Waals surface area contributed by atoms with Gasteiger partial charge in [-0.2, -0.15) is 4.98 Å². The number of rotatable bonds is 5. The number of aromatic nitrogens is 2. The van der Waals surface area contributed by atoms with Crippen LogP contribution in [0.4, 0.5) is 11.5 Å². The maximum Gasteiger partial charge on any atom is 0.239 e. The van der Waals surface area contributed by atoms with Crippen LogP contribution >= 0.6 is 0 Å². The zero-order valence-corrected chi connectivity index (χ0v) is 11.4. The minimum absolute atomic E-state index is 0.437. The lowest BCUT2D eigenvalue weighted by Gasteiger charge is -2.08. The summed E-state index contributed by atoms with van der Waals surface area (Å²) < 4.78 is 10.8. The Bertz CT molecular complexity index is 546. The SMILES string of the molecule is CCOc1nc(NCc2nc(C)c(C)o2)ccc1N. The Kier molecular flexibility index (Phi) is 3.89. The summed E-state index contributed by atoms with van der Waals surface area (Å²) >= 11 is 0. The third kappa shape index (κ3) is 3.15.